The maximum atomic E-state index is 11.5. The molecule has 0 radical (unpaired) electrons. The Bertz CT molecular complexity index is 569. The molecule has 1 fully saturated rings. The van der Waals surface area contributed by atoms with Gasteiger partial charge in [0.15, 0.2) is 18.3 Å². The lowest BCUT2D eigenvalue weighted by Gasteiger charge is -2.33. The fraction of sp³-hybridized carbons (Fsp3) is 0.688. The van der Waals surface area contributed by atoms with Crippen LogP contribution in [0, 0.1) is 0 Å². The van der Waals surface area contributed by atoms with Crippen LogP contribution in [0.5, 0.6) is 0 Å². The molecular formula is C16H22O10. The van der Waals surface area contributed by atoms with E-state index in [0.29, 0.717) is 0 Å². The summed E-state index contributed by atoms with van der Waals surface area (Å²) < 4.78 is 25.4. The molecule has 4 atom stereocenters. The average Bonchev–Trinajstić information content (AvgIpc) is 2.92. The van der Waals surface area contributed by atoms with Gasteiger partial charge < -0.3 is 23.7 Å². The normalized spacial score (nSPS) is 19.5. The lowest BCUT2D eigenvalue weighted by molar-refractivity contribution is -0.199. The summed E-state index contributed by atoms with van der Waals surface area (Å²) in [6.07, 6.45) is -4.42. The molecule has 1 saturated heterocycles. The molecule has 0 amide bonds. The van der Waals surface area contributed by atoms with Crippen molar-refractivity contribution in [3.63, 3.8) is 0 Å². The number of hydrogen-bond acceptors (Lipinski definition) is 10. The lowest BCUT2D eigenvalue weighted by Crippen LogP contribution is -2.52. The molecule has 10 nitrogen and oxygen atoms in total. The zero-order valence-electron chi connectivity index (χ0n) is 15.0. The van der Waals surface area contributed by atoms with Crippen LogP contribution in [0.3, 0.4) is 0 Å². The Morgan fingerprint density at radius 2 is 1.54 bits per heavy atom. The van der Waals surface area contributed by atoms with Gasteiger partial charge in [-0.05, 0) is 6.42 Å². The number of esters is 5. The Hall–Kier alpha value is -2.65. The Labute approximate surface area is 150 Å². The van der Waals surface area contributed by atoms with Crippen molar-refractivity contribution in [2.45, 2.75) is 65.0 Å². The molecule has 0 unspecified atom stereocenters. The van der Waals surface area contributed by atoms with Crippen molar-refractivity contribution >= 4 is 29.8 Å². The fourth-order valence-electron chi connectivity index (χ4n) is 2.48. The zero-order chi connectivity index (χ0) is 19.9. The molecule has 0 saturated carbocycles. The number of hydrogen-bond donors (Lipinski definition) is 0. The smallest absolute Gasteiger partial charge is 0.306 e. The van der Waals surface area contributed by atoms with E-state index >= 15 is 0 Å². The molecule has 1 heterocycles. The second-order valence-electron chi connectivity index (χ2n) is 5.67. The SMILES string of the molecule is CC(=O)OC[C@@H](OC(C)=O)[C@@H](OC(C)=O)[C@H](OC(C)=O)[C@@H]1CCC(=O)O1. The summed E-state index contributed by atoms with van der Waals surface area (Å²) in [5.74, 6) is -3.36. The molecule has 1 aliphatic rings. The number of ether oxygens (including phenoxy) is 5. The van der Waals surface area contributed by atoms with Gasteiger partial charge in [0, 0.05) is 34.1 Å². The second kappa shape index (κ2) is 9.73. The van der Waals surface area contributed by atoms with Crippen molar-refractivity contribution in [1.29, 1.82) is 0 Å². The number of cyclic esters (lactones) is 1. The van der Waals surface area contributed by atoms with E-state index in [1.54, 1.807) is 0 Å². The van der Waals surface area contributed by atoms with Gasteiger partial charge in [-0.2, -0.15) is 0 Å². The summed E-state index contributed by atoms with van der Waals surface area (Å²) >= 11 is 0. The third-order valence-corrected chi connectivity index (χ3v) is 3.34. The minimum Gasteiger partial charge on any atom is -0.462 e. The monoisotopic (exact) mass is 374 g/mol. The van der Waals surface area contributed by atoms with Crippen LogP contribution in [-0.4, -0.2) is 60.9 Å². The first-order valence-electron chi connectivity index (χ1n) is 7.94. The van der Waals surface area contributed by atoms with Crippen LogP contribution in [0.2, 0.25) is 0 Å². The standard InChI is InChI=1S/C16H22O10/c1-8(17)22-7-13(23-9(2)18)16(25-11(4)20)15(24-10(3)19)12-5-6-14(21)26-12/h12-13,15-16H,5-7H2,1-4H3/t12-,13+,15+,16+/m0/s1. The van der Waals surface area contributed by atoms with Crippen LogP contribution in [0.25, 0.3) is 0 Å². The molecular weight excluding hydrogens is 352 g/mol. The molecule has 0 aromatic heterocycles. The van der Waals surface area contributed by atoms with E-state index in [4.69, 9.17) is 23.7 Å². The molecule has 1 rings (SSSR count). The van der Waals surface area contributed by atoms with Gasteiger partial charge in [-0.1, -0.05) is 0 Å². The van der Waals surface area contributed by atoms with Crippen molar-refractivity contribution in [3.05, 3.63) is 0 Å². The van der Waals surface area contributed by atoms with Gasteiger partial charge >= 0.3 is 29.8 Å². The summed E-state index contributed by atoms with van der Waals surface area (Å²) in [4.78, 5) is 57.0. The number of rotatable bonds is 8. The van der Waals surface area contributed by atoms with E-state index in [-0.39, 0.29) is 12.8 Å². The Balaban J connectivity index is 3.16. The molecule has 0 spiro atoms. The fourth-order valence-corrected chi connectivity index (χ4v) is 2.48. The average molecular weight is 374 g/mol. The summed E-state index contributed by atoms with van der Waals surface area (Å²) in [7, 11) is 0. The lowest BCUT2D eigenvalue weighted by atomic mass is 10.0. The topological polar surface area (TPSA) is 132 Å². The first-order valence-corrected chi connectivity index (χ1v) is 7.94. The minimum atomic E-state index is -1.34. The van der Waals surface area contributed by atoms with E-state index in [1.807, 2.05) is 0 Å². The van der Waals surface area contributed by atoms with Crippen molar-refractivity contribution in [1.82, 2.24) is 0 Å². The van der Waals surface area contributed by atoms with Gasteiger partial charge in [-0.15, -0.1) is 0 Å². The highest BCUT2D eigenvalue weighted by atomic mass is 16.6. The largest absolute Gasteiger partial charge is 0.462 e. The molecule has 0 bridgehead atoms. The molecule has 1 aliphatic heterocycles. The molecule has 0 N–H and O–H groups in total. The van der Waals surface area contributed by atoms with Gasteiger partial charge in [0.2, 0.25) is 0 Å². The van der Waals surface area contributed by atoms with Gasteiger partial charge in [0.05, 0.1) is 0 Å². The number of carbonyl (C=O) groups is 5. The molecule has 146 valence electrons. The predicted molar refractivity (Wildman–Crippen MR) is 82.4 cm³/mol. The molecule has 26 heavy (non-hydrogen) atoms. The van der Waals surface area contributed by atoms with Crippen molar-refractivity contribution in [2.24, 2.45) is 0 Å². The first-order chi connectivity index (χ1) is 12.1. The Kier molecular flexibility index (Phi) is 8.01. The van der Waals surface area contributed by atoms with E-state index in [0.717, 1.165) is 27.7 Å². The van der Waals surface area contributed by atoms with Gasteiger partial charge in [0.1, 0.15) is 12.7 Å². The maximum Gasteiger partial charge on any atom is 0.306 e. The maximum absolute atomic E-state index is 11.5. The highest BCUT2D eigenvalue weighted by molar-refractivity contribution is 5.72. The summed E-state index contributed by atoms with van der Waals surface area (Å²) in [6, 6.07) is 0. The molecule has 0 aliphatic carbocycles. The quantitative estimate of drug-likeness (QED) is 0.424. The van der Waals surface area contributed by atoms with Gasteiger partial charge in [-0.25, -0.2) is 0 Å². The third-order valence-electron chi connectivity index (χ3n) is 3.34. The summed E-state index contributed by atoms with van der Waals surface area (Å²) in [6.45, 7) is 4.05. The van der Waals surface area contributed by atoms with Gasteiger partial charge in [0.25, 0.3) is 0 Å². The van der Waals surface area contributed by atoms with Crippen LogP contribution in [0.1, 0.15) is 40.5 Å². The van der Waals surface area contributed by atoms with Crippen molar-refractivity contribution in [3.8, 4) is 0 Å². The van der Waals surface area contributed by atoms with Crippen molar-refractivity contribution in [2.75, 3.05) is 6.61 Å². The highest BCUT2D eigenvalue weighted by Gasteiger charge is 2.45. The van der Waals surface area contributed by atoms with Crippen LogP contribution in [0.15, 0.2) is 0 Å². The minimum absolute atomic E-state index is 0.0946. The Morgan fingerprint density at radius 1 is 0.962 bits per heavy atom. The van der Waals surface area contributed by atoms with E-state index in [2.05, 4.69) is 0 Å². The summed E-state index contributed by atoms with van der Waals surface area (Å²) in [5, 5.41) is 0. The van der Waals surface area contributed by atoms with Crippen LogP contribution < -0.4 is 0 Å². The van der Waals surface area contributed by atoms with E-state index < -0.39 is 60.9 Å². The highest BCUT2D eigenvalue weighted by Crippen LogP contribution is 2.26. The van der Waals surface area contributed by atoms with Crippen LogP contribution in [0.4, 0.5) is 0 Å². The number of carbonyl (C=O) groups excluding carboxylic acids is 5. The van der Waals surface area contributed by atoms with Crippen LogP contribution >= 0.6 is 0 Å². The molecule has 0 aromatic carbocycles. The molecule has 0 aromatic rings. The predicted octanol–water partition coefficient (Wildman–Crippen LogP) is 0.0502. The van der Waals surface area contributed by atoms with Crippen molar-refractivity contribution < 1.29 is 47.7 Å². The molecule has 10 heteroatoms. The van der Waals surface area contributed by atoms with Crippen LogP contribution in [-0.2, 0) is 47.7 Å². The third kappa shape index (κ3) is 7.08. The zero-order valence-corrected chi connectivity index (χ0v) is 15.0. The second-order valence-corrected chi connectivity index (χ2v) is 5.67. The van der Waals surface area contributed by atoms with E-state index in [1.165, 1.54) is 0 Å². The first kappa shape index (κ1) is 21.4. The van der Waals surface area contributed by atoms with E-state index in [9.17, 15) is 24.0 Å². The Morgan fingerprint density at radius 3 is 1.96 bits per heavy atom. The van der Waals surface area contributed by atoms with Gasteiger partial charge in [-0.3, -0.25) is 24.0 Å². The summed E-state index contributed by atoms with van der Waals surface area (Å²) in [5.41, 5.74) is 0.